The second kappa shape index (κ2) is 5.51. The molecule has 0 fully saturated rings. The Labute approximate surface area is 109 Å². The monoisotopic (exact) mass is 235 g/mol. The molecule has 0 radical (unpaired) electrons. The van der Waals surface area contributed by atoms with Gasteiger partial charge in [0.15, 0.2) is 0 Å². The van der Waals surface area contributed by atoms with Gasteiger partial charge in [0.1, 0.15) is 0 Å². The average Bonchev–Trinajstić information content (AvgIpc) is 2.42. The summed E-state index contributed by atoms with van der Waals surface area (Å²) in [6, 6.07) is 18.8. The van der Waals surface area contributed by atoms with Crippen molar-refractivity contribution in [1.29, 1.82) is 5.26 Å². The SMILES string of the molecule is CCC(c1ccc(C)cc1)c1ccc(C#N)cc1. The Hall–Kier alpha value is -2.07. The Kier molecular flexibility index (Phi) is 3.79. The molecule has 2 aromatic carbocycles. The van der Waals surface area contributed by atoms with E-state index in [0.717, 1.165) is 12.0 Å². The molecule has 0 aliphatic rings. The van der Waals surface area contributed by atoms with Crippen LogP contribution in [0.4, 0.5) is 0 Å². The van der Waals surface area contributed by atoms with E-state index < -0.39 is 0 Å². The van der Waals surface area contributed by atoms with Gasteiger partial charge in [0.2, 0.25) is 0 Å². The third-order valence-corrected chi connectivity index (χ3v) is 3.33. The summed E-state index contributed by atoms with van der Waals surface area (Å²) < 4.78 is 0. The Morgan fingerprint density at radius 1 is 0.944 bits per heavy atom. The van der Waals surface area contributed by atoms with Gasteiger partial charge >= 0.3 is 0 Å². The van der Waals surface area contributed by atoms with Crippen molar-refractivity contribution in [2.24, 2.45) is 0 Å². The standard InChI is InChI=1S/C17H17N/c1-3-17(15-8-4-13(2)5-9-15)16-10-6-14(12-18)7-11-16/h4-11,17H,3H2,1-2H3. The fourth-order valence-electron chi connectivity index (χ4n) is 2.25. The van der Waals surface area contributed by atoms with Crippen molar-refractivity contribution < 1.29 is 0 Å². The van der Waals surface area contributed by atoms with E-state index >= 15 is 0 Å². The molecule has 0 saturated heterocycles. The predicted molar refractivity (Wildman–Crippen MR) is 74.5 cm³/mol. The van der Waals surface area contributed by atoms with Crippen molar-refractivity contribution in [1.82, 2.24) is 0 Å². The maximum absolute atomic E-state index is 8.82. The molecule has 2 rings (SSSR count). The molecule has 1 unspecified atom stereocenters. The second-order valence-corrected chi connectivity index (χ2v) is 4.61. The number of nitriles is 1. The van der Waals surface area contributed by atoms with Crippen molar-refractivity contribution in [3.05, 3.63) is 70.8 Å². The van der Waals surface area contributed by atoms with Crippen LogP contribution in [-0.4, -0.2) is 0 Å². The van der Waals surface area contributed by atoms with Gasteiger partial charge in [0, 0.05) is 5.92 Å². The Bertz CT molecular complexity index is 544. The Balaban J connectivity index is 2.33. The van der Waals surface area contributed by atoms with Gasteiger partial charge in [-0.1, -0.05) is 48.9 Å². The lowest BCUT2D eigenvalue weighted by atomic mass is 9.88. The summed E-state index contributed by atoms with van der Waals surface area (Å²) >= 11 is 0. The molecule has 0 saturated carbocycles. The van der Waals surface area contributed by atoms with Crippen LogP contribution in [0.25, 0.3) is 0 Å². The molecule has 0 bridgehead atoms. The maximum Gasteiger partial charge on any atom is 0.0991 e. The van der Waals surface area contributed by atoms with E-state index in [1.807, 2.05) is 12.1 Å². The summed E-state index contributed by atoms with van der Waals surface area (Å²) in [4.78, 5) is 0. The van der Waals surface area contributed by atoms with E-state index in [0.29, 0.717) is 5.92 Å². The number of hydrogen-bond acceptors (Lipinski definition) is 1. The summed E-state index contributed by atoms with van der Waals surface area (Å²) in [5.74, 6) is 0.415. The summed E-state index contributed by atoms with van der Waals surface area (Å²) in [6.45, 7) is 4.30. The van der Waals surface area contributed by atoms with Gasteiger partial charge in [-0.2, -0.15) is 5.26 Å². The maximum atomic E-state index is 8.82. The van der Waals surface area contributed by atoms with Crippen LogP contribution in [0.2, 0.25) is 0 Å². The molecule has 0 aromatic heterocycles. The molecule has 1 nitrogen and oxygen atoms in total. The van der Waals surface area contributed by atoms with Crippen LogP contribution < -0.4 is 0 Å². The van der Waals surface area contributed by atoms with Crippen LogP contribution in [-0.2, 0) is 0 Å². The van der Waals surface area contributed by atoms with Gasteiger partial charge < -0.3 is 0 Å². The smallest absolute Gasteiger partial charge is 0.0991 e. The highest BCUT2D eigenvalue weighted by molar-refractivity contribution is 5.38. The Morgan fingerprint density at radius 2 is 1.44 bits per heavy atom. The van der Waals surface area contributed by atoms with E-state index in [4.69, 9.17) is 5.26 Å². The quantitative estimate of drug-likeness (QED) is 0.773. The van der Waals surface area contributed by atoms with E-state index in [1.54, 1.807) is 0 Å². The zero-order chi connectivity index (χ0) is 13.0. The van der Waals surface area contributed by atoms with Gasteiger partial charge in [0.25, 0.3) is 0 Å². The lowest BCUT2D eigenvalue weighted by Crippen LogP contribution is -1.99. The van der Waals surface area contributed by atoms with Crippen LogP contribution in [0, 0.1) is 18.3 Å². The highest BCUT2D eigenvalue weighted by Gasteiger charge is 2.11. The molecule has 0 aliphatic carbocycles. The molecule has 0 heterocycles. The van der Waals surface area contributed by atoms with Crippen molar-refractivity contribution in [3.8, 4) is 6.07 Å². The third kappa shape index (κ3) is 2.60. The first-order valence-electron chi connectivity index (χ1n) is 6.31. The predicted octanol–water partition coefficient (Wildman–Crippen LogP) is 4.41. The van der Waals surface area contributed by atoms with Crippen LogP contribution in [0.15, 0.2) is 48.5 Å². The summed E-state index contributed by atoms with van der Waals surface area (Å²) in [5.41, 5.74) is 4.62. The molecule has 1 heteroatoms. The largest absolute Gasteiger partial charge is 0.192 e. The van der Waals surface area contributed by atoms with E-state index in [9.17, 15) is 0 Å². The number of aryl methyl sites for hydroxylation is 1. The van der Waals surface area contributed by atoms with Gasteiger partial charge in [-0.05, 0) is 36.6 Å². The molecular formula is C17H17N. The number of nitrogens with zero attached hydrogens (tertiary/aromatic N) is 1. The zero-order valence-corrected chi connectivity index (χ0v) is 10.9. The third-order valence-electron chi connectivity index (χ3n) is 3.33. The molecule has 1 atom stereocenters. The first kappa shape index (κ1) is 12.4. The summed E-state index contributed by atoms with van der Waals surface area (Å²) in [5, 5.41) is 8.82. The van der Waals surface area contributed by atoms with Crippen molar-refractivity contribution in [2.75, 3.05) is 0 Å². The normalized spacial score (nSPS) is 11.8. The van der Waals surface area contributed by atoms with Crippen LogP contribution in [0.1, 0.15) is 41.5 Å². The van der Waals surface area contributed by atoms with E-state index in [2.05, 4.69) is 56.3 Å². The molecule has 0 aliphatic heterocycles. The van der Waals surface area contributed by atoms with Crippen LogP contribution in [0.3, 0.4) is 0 Å². The summed E-state index contributed by atoms with van der Waals surface area (Å²) in [7, 11) is 0. The molecule has 18 heavy (non-hydrogen) atoms. The topological polar surface area (TPSA) is 23.8 Å². The molecule has 90 valence electrons. The van der Waals surface area contributed by atoms with E-state index in [1.165, 1.54) is 16.7 Å². The van der Waals surface area contributed by atoms with Crippen LogP contribution >= 0.6 is 0 Å². The molecule has 0 spiro atoms. The van der Waals surface area contributed by atoms with Crippen LogP contribution in [0.5, 0.6) is 0 Å². The fourth-order valence-corrected chi connectivity index (χ4v) is 2.25. The minimum atomic E-state index is 0.415. The van der Waals surface area contributed by atoms with Crippen molar-refractivity contribution in [2.45, 2.75) is 26.2 Å². The highest BCUT2D eigenvalue weighted by atomic mass is 14.2. The number of hydrogen-bond donors (Lipinski definition) is 0. The van der Waals surface area contributed by atoms with Gasteiger partial charge in [-0.3, -0.25) is 0 Å². The van der Waals surface area contributed by atoms with E-state index in [-0.39, 0.29) is 0 Å². The first-order valence-corrected chi connectivity index (χ1v) is 6.31. The van der Waals surface area contributed by atoms with Crippen molar-refractivity contribution in [3.63, 3.8) is 0 Å². The fraction of sp³-hybridized carbons (Fsp3) is 0.235. The Morgan fingerprint density at radius 3 is 1.89 bits per heavy atom. The minimum Gasteiger partial charge on any atom is -0.192 e. The highest BCUT2D eigenvalue weighted by Crippen LogP contribution is 2.28. The van der Waals surface area contributed by atoms with Crippen molar-refractivity contribution >= 4 is 0 Å². The number of rotatable bonds is 3. The molecular weight excluding hydrogens is 218 g/mol. The second-order valence-electron chi connectivity index (χ2n) is 4.61. The lowest BCUT2D eigenvalue weighted by molar-refractivity contribution is 0.777. The van der Waals surface area contributed by atoms with Gasteiger partial charge in [-0.25, -0.2) is 0 Å². The number of benzene rings is 2. The zero-order valence-electron chi connectivity index (χ0n) is 10.9. The molecule has 0 N–H and O–H groups in total. The van der Waals surface area contributed by atoms with Gasteiger partial charge in [-0.15, -0.1) is 0 Å². The first-order chi connectivity index (χ1) is 8.74. The minimum absolute atomic E-state index is 0.415. The molecule has 2 aromatic rings. The molecule has 0 amide bonds. The van der Waals surface area contributed by atoms with Gasteiger partial charge in [0.05, 0.1) is 11.6 Å². The summed E-state index contributed by atoms with van der Waals surface area (Å²) in [6.07, 6.45) is 1.06. The average molecular weight is 235 g/mol. The lowest BCUT2D eigenvalue weighted by Gasteiger charge is -2.16.